The summed E-state index contributed by atoms with van der Waals surface area (Å²) in [6.07, 6.45) is 1.81. The van der Waals surface area contributed by atoms with Gasteiger partial charge in [0.05, 0.1) is 0 Å². The van der Waals surface area contributed by atoms with E-state index < -0.39 is 6.17 Å². The molecule has 0 aromatic carbocycles. The number of allylic oxidation sites excluding steroid dienone is 2. The van der Waals surface area contributed by atoms with Crippen molar-refractivity contribution >= 4 is 6.21 Å². The fourth-order valence-electron chi connectivity index (χ4n) is 1.10. The van der Waals surface area contributed by atoms with Gasteiger partial charge in [-0.1, -0.05) is 0 Å². The first-order valence-electron chi connectivity index (χ1n) is 3.36. The third-order valence-corrected chi connectivity index (χ3v) is 1.75. The van der Waals surface area contributed by atoms with E-state index in [4.69, 9.17) is 11.1 Å². The number of nitrogens with one attached hydrogen (secondary N) is 1. The molecule has 0 saturated carbocycles. The molecule has 0 radical (unpaired) electrons. The Hall–Kier alpha value is -0.860. The van der Waals surface area contributed by atoms with Crippen LogP contribution in [0.1, 0.15) is 19.3 Å². The van der Waals surface area contributed by atoms with Crippen LogP contribution in [0, 0.1) is 5.41 Å². The van der Waals surface area contributed by atoms with Crippen molar-refractivity contribution in [3.8, 4) is 0 Å². The largest absolute Gasteiger partial charge is 0.402 e. The minimum absolute atomic E-state index is 0.329. The number of rotatable bonds is 1. The Morgan fingerprint density at radius 3 is 2.90 bits per heavy atom. The van der Waals surface area contributed by atoms with Crippen LogP contribution < -0.4 is 5.73 Å². The van der Waals surface area contributed by atoms with Crippen molar-refractivity contribution in [2.45, 2.75) is 25.4 Å². The van der Waals surface area contributed by atoms with Gasteiger partial charge in [-0.2, -0.15) is 0 Å². The first-order valence-corrected chi connectivity index (χ1v) is 3.36. The summed E-state index contributed by atoms with van der Waals surface area (Å²) in [5, 5.41) is 6.89. The molecule has 3 heteroatoms. The molecule has 2 nitrogen and oxygen atoms in total. The van der Waals surface area contributed by atoms with Crippen LogP contribution in [0.25, 0.3) is 0 Å². The van der Waals surface area contributed by atoms with Crippen LogP contribution in [0.3, 0.4) is 0 Å². The predicted octanol–water partition coefficient (Wildman–Crippen LogP) is 1.37. The van der Waals surface area contributed by atoms with E-state index in [9.17, 15) is 4.39 Å². The van der Waals surface area contributed by atoms with Gasteiger partial charge in [0.15, 0.2) is 0 Å². The maximum absolute atomic E-state index is 12.6. The van der Waals surface area contributed by atoms with Crippen LogP contribution >= 0.6 is 0 Å². The van der Waals surface area contributed by atoms with Crippen LogP contribution in [-0.2, 0) is 0 Å². The van der Waals surface area contributed by atoms with Crippen molar-refractivity contribution in [2.75, 3.05) is 0 Å². The highest BCUT2D eigenvalue weighted by Gasteiger charge is 2.16. The van der Waals surface area contributed by atoms with Crippen molar-refractivity contribution in [3.05, 3.63) is 11.3 Å². The molecule has 1 aliphatic rings. The molecule has 0 aromatic rings. The third-order valence-electron chi connectivity index (χ3n) is 1.75. The first kappa shape index (κ1) is 7.25. The minimum Gasteiger partial charge on any atom is -0.402 e. The summed E-state index contributed by atoms with van der Waals surface area (Å²) in [5.74, 6) is 0. The molecule has 0 saturated heterocycles. The van der Waals surface area contributed by atoms with Gasteiger partial charge in [0.1, 0.15) is 6.17 Å². The lowest BCUT2D eigenvalue weighted by Crippen LogP contribution is -2.16. The maximum Gasteiger partial charge on any atom is 0.105 e. The lowest BCUT2D eigenvalue weighted by Gasteiger charge is -2.16. The predicted molar refractivity (Wildman–Crippen MR) is 38.7 cm³/mol. The zero-order chi connectivity index (χ0) is 7.56. The summed E-state index contributed by atoms with van der Waals surface area (Å²) >= 11 is 0. The van der Waals surface area contributed by atoms with Gasteiger partial charge >= 0.3 is 0 Å². The second-order valence-electron chi connectivity index (χ2n) is 2.53. The summed E-state index contributed by atoms with van der Waals surface area (Å²) in [7, 11) is 0. The maximum atomic E-state index is 12.6. The molecule has 0 fully saturated rings. The van der Waals surface area contributed by atoms with E-state index in [-0.39, 0.29) is 0 Å². The summed E-state index contributed by atoms with van der Waals surface area (Å²) in [6, 6.07) is 0. The van der Waals surface area contributed by atoms with Crippen molar-refractivity contribution in [2.24, 2.45) is 5.73 Å². The van der Waals surface area contributed by atoms with Crippen molar-refractivity contribution < 1.29 is 4.39 Å². The fourth-order valence-corrected chi connectivity index (χ4v) is 1.10. The van der Waals surface area contributed by atoms with Gasteiger partial charge in [0.2, 0.25) is 0 Å². The standard InChI is InChI=1S/C7H11FN2/c8-6-1-2-7(10)5(3-6)4-9/h4,6,9H,1-3,10H2. The molecular weight excluding hydrogens is 131 g/mol. The number of hydrogen-bond acceptors (Lipinski definition) is 2. The van der Waals surface area contributed by atoms with E-state index in [1.807, 2.05) is 0 Å². The smallest absolute Gasteiger partial charge is 0.105 e. The zero-order valence-corrected chi connectivity index (χ0v) is 5.73. The number of halogens is 1. The summed E-state index contributed by atoms with van der Waals surface area (Å²) in [6.45, 7) is 0. The molecule has 0 aromatic heterocycles. The molecule has 0 bridgehead atoms. The van der Waals surface area contributed by atoms with Gasteiger partial charge in [-0.15, -0.1) is 0 Å². The monoisotopic (exact) mass is 142 g/mol. The second-order valence-corrected chi connectivity index (χ2v) is 2.53. The molecule has 1 unspecified atom stereocenters. The molecule has 0 heterocycles. The average Bonchev–Trinajstić information content (AvgIpc) is 1.94. The Balaban J connectivity index is 2.71. The van der Waals surface area contributed by atoms with E-state index in [0.29, 0.717) is 30.5 Å². The van der Waals surface area contributed by atoms with Gasteiger partial charge in [0, 0.05) is 18.3 Å². The van der Waals surface area contributed by atoms with Crippen LogP contribution in [0.4, 0.5) is 4.39 Å². The Morgan fingerprint density at radius 2 is 2.40 bits per heavy atom. The minimum atomic E-state index is -0.788. The molecule has 0 spiro atoms. The lowest BCUT2D eigenvalue weighted by molar-refractivity contribution is 0.304. The van der Waals surface area contributed by atoms with E-state index in [1.165, 1.54) is 0 Å². The molecule has 1 atom stereocenters. The fraction of sp³-hybridized carbons (Fsp3) is 0.571. The first-order chi connectivity index (χ1) is 4.74. The van der Waals surface area contributed by atoms with Crippen molar-refractivity contribution in [1.82, 2.24) is 0 Å². The van der Waals surface area contributed by atoms with Crippen molar-refractivity contribution in [3.63, 3.8) is 0 Å². The molecule has 0 amide bonds. The SMILES string of the molecule is N=CC1=C(N)CCC(F)C1. The second kappa shape index (κ2) is 2.82. The third kappa shape index (κ3) is 1.35. The highest BCUT2D eigenvalue weighted by molar-refractivity contribution is 5.77. The molecule has 3 N–H and O–H groups in total. The highest BCUT2D eigenvalue weighted by atomic mass is 19.1. The Kier molecular flexibility index (Phi) is 2.04. The van der Waals surface area contributed by atoms with Crippen LogP contribution in [0.15, 0.2) is 11.3 Å². The molecule has 56 valence electrons. The Bertz CT molecular complexity index is 174. The Morgan fingerprint density at radius 1 is 1.70 bits per heavy atom. The van der Waals surface area contributed by atoms with Gasteiger partial charge in [-0.05, 0) is 18.4 Å². The quantitative estimate of drug-likeness (QED) is 0.534. The highest BCUT2D eigenvalue weighted by Crippen LogP contribution is 2.22. The molecular formula is C7H11FN2. The van der Waals surface area contributed by atoms with Crippen LogP contribution in [0.2, 0.25) is 0 Å². The van der Waals surface area contributed by atoms with Crippen LogP contribution in [-0.4, -0.2) is 12.4 Å². The van der Waals surface area contributed by atoms with Gasteiger partial charge < -0.3 is 11.1 Å². The summed E-state index contributed by atoms with van der Waals surface area (Å²) in [4.78, 5) is 0. The number of nitrogens with two attached hydrogens (primary N) is 1. The Labute approximate surface area is 59.4 Å². The number of alkyl halides is 1. The van der Waals surface area contributed by atoms with Gasteiger partial charge in [-0.3, -0.25) is 0 Å². The molecule has 1 aliphatic carbocycles. The normalized spacial score (nSPS) is 26.7. The molecule has 0 aliphatic heterocycles. The van der Waals surface area contributed by atoms with Gasteiger partial charge in [-0.25, -0.2) is 4.39 Å². The lowest BCUT2D eigenvalue weighted by atomic mass is 9.96. The molecule has 1 rings (SSSR count). The van der Waals surface area contributed by atoms with E-state index >= 15 is 0 Å². The number of hydrogen-bond donors (Lipinski definition) is 2. The summed E-state index contributed by atoms with van der Waals surface area (Å²) in [5.41, 5.74) is 6.86. The summed E-state index contributed by atoms with van der Waals surface area (Å²) < 4.78 is 12.6. The van der Waals surface area contributed by atoms with E-state index in [1.54, 1.807) is 0 Å². The van der Waals surface area contributed by atoms with E-state index in [0.717, 1.165) is 6.21 Å². The van der Waals surface area contributed by atoms with Crippen LogP contribution in [0.5, 0.6) is 0 Å². The average molecular weight is 142 g/mol. The topological polar surface area (TPSA) is 49.9 Å². The molecule has 10 heavy (non-hydrogen) atoms. The zero-order valence-electron chi connectivity index (χ0n) is 5.73. The van der Waals surface area contributed by atoms with Gasteiger partial charge in [0.25, 0.3) is 0 Å². The van der Waals surface area contributed by atoms with E-state index in [2.05, 4.69) is 0 Å². The van der Waals surface area contributed by atoms with Crippen molar-refractivity contribution in [1.29, 1.82) is 5.41 Å².